The van der Waals surface area contributed by atoms with E-state index < -0.39 is 5.72 Å². The molecule has 21 heavy (non-hydrogen) atoms. The van der Waals surface area contributed by atoms with Gasteiger partial charge in [-0.05, 0) is 38.1 Å². The van der Waals surface area contributed by atoms with Crippen LogP contribution < -0.4 is 5.32 Å². The average molecular weight is 281 g/mol. The first-order valence-electron chi connectivity index (χ1n) is 7.17. The number of ether oxygens (including phenoxy) is 1. The number of para-hydroxylation sites is 1. The monoisotopic (exact) mass is 281 g/mol. The maximum absolute atomic E-state index is 6.17. The standard InChI is InChI=1S/C17H19N3O/c1-13(2)21-17(20-14-6-4-3-5-7-14)9-8-15-16(12-17)19-11-10-18-15/h3-11,13,20H,12H2,1-2H3. The molecule has 1 aliphatic carbocycles. The molecule has 1 atom stereocenters. The van der Waals surface area contributed by atoms with Crippen LogP contribution in [0, 0.1) is 0 Å². The van der Waals surface area contributed by atoms with Gasteiger partial charge >= 0.3 is 0 Å². The predicted octanol–water partition coefficient (Wildman–Crippen LogP) is 3.28. The van der Waals surface area contributed by atoms with E-state index in [-0.39, 0.29) is 6.10 Å². The zero-order chi connectivity index (χ0) is 14.7. The van der Waals surface area contributed by atoms with E-state index in [1.165, 1.54) is 0 Å². The fourth-order valence-corrected chi connectivity index (χ4v) is 2.56. The van der Waals surface area contributed by atoms with Crippen LogP contribution in [0.2, 0.25) is 0 Å². The normalized spacial score (nSPS) is 20.3. The summed E-state index contributed by atoms with van der Waals surface area (Å²) in [4.78, 5) is 8.77. The number of hydrogen-bond acceptors (Lipinski definition) is 4. The Labute approximate surface area is 124 Å². The van der Waals surface area contributed by atoms with E-state index in [9.17, 15) is 0 Å². The molecule has 0 radical (unpaired) electrons. The van der Waals surface area contributed by atoms with E-state index in [2.05, 4.69) is 15.3 Å². The largest absolute Gasteiger partial charge is 0.354 e. The number of aromatic nitrogens is 2. The summed E-state index contributed by atoms with van der Waals surface area (Å²) in [6.45, 7) is 4.07. The lowest BCUT2D eigenvalue weighted by Gasteiger charge is -2.36. The molecule has 0 saturated carbocycles. The highest BCUT2D eigenvalue weighted by molar-refractivity contribution is 5.56. The second-order valence-corrected chi connectivity index (χ2v) is 5.45. The van der Waals surface area contributed by atoms with E-state index in [1.54, 1.807) is 12.4 Å². The van der Waals surface area contributed by atoms with Gasteiger partial charge < -0.3 is 10.1 Å². The third-order valence-electron chi connectivity index (χ3n) is 3.32. The lowest BCUT2D eigenvalue weighted by molar-refractivity contribution is -0.0291. The Bertz CT molecular complexity index is 639. The molecule has 1 aromatic heterocycles. The highest BCUT2D eigenvalue weighted by Gasteiger charge is 2.34. The number of nitrogens with zero attached hydrogens (tertiary/aromatic N) is 2. The first-order valence-corrected chi connectivity index (χ1v) is 7.17. The molecule has 1 aromatic carbocycles. The fourth-order valence-electron chi connectivity index (χ4n) is 2.56. The summed E-state index contributed by atoms with van der Waals surface area (Å²) in [5.41, 5.74) is 2.30. The van der Waals surface area contributed by atoms with Crippen molar-refractivity contribution in [2.75, 3.05) is 5.32 Å². The van der Waals surface area contributed by atoms with Crippen LogP contribution in [-0.2, 0) is 11.2 Å². The maximum Gasteiger partial charge on any atom is 0.164 e. The molecule has 0 aliphatic heterocycles. The molecule has 4 heteroatoms. The third-order valence-corrected chi connectivity index (χ3v) is 3.32. The van der Waals surface area contributed by atoms with Crippen LogP contribution in [0.4, 0.5) is 5.69 Å². The summed E-state index contributed by atoms with van der Waals surface area (Å²) in [6.07, 6.45) is 8.20. The highest BCUT2D eigenvalue weighted by atomic mass is 16.5. The van der Waals surface area contributed by atoms with Crippen molar-refractivity contribution in [1.82, 2.24) is 9.97 Å². The second kappa shape index (κ2) is 5.66. The van der Waals surface area contributed by atoms with Crippen molar-refractivity contribution in [2.24, 2.45) is 0 Å². The Hall–Kier alpha value is -2.20. The zero-order valence-corrected chi connectivity index (χ0v) is 12.3. The molecule has 2 aromatic rings. The molecule has 1 aliphatic rings. The van der Waals surface area contributed by atoms with E-state index in [0.29, 0.717) is 6.42 Å². The number of benzene rings is 1. The Kier molecular flexibility index (Phi) is 3.71. The van der Waals surface area contributed by atoms with Gasteiger partial charge in [0.05, 0.1) is 17.5 Å². The van der Waals surface area contributed by atoms with E-state index in [4.69, 9.17) is 4.74 Å². The molecule has 4 nitrogen and oxygen atoms in total. The van der Waals surface area contributed by atoms with Crippen molar-refractivity contribution in [3.63, 3.8) is 0 Å². The van der Waals surface area contributed by atoms with Gasteiger partial charge in [0.1, 0.15) is 0 Å². The van der Waals surface area contributed by atoms with Gasteiger partial charge in [0.15, 0.2) is 5.72 Å². The maximum atomic E-state index is 6.17. The molecule has 0 spiro atoms. The number of nitrogens with one attached hydrogen (secondary N) is 1. The van der Waals surface area contributed by atoms with Crippen molar-refractivity contribution >= 4 is 11.8 Å². The van der Waals surface area contributed by atoms with Gasteiger partial charge in [-0.1, -0.05) is 18.2 Å². The minimum Gasteiger partial charge on any atom is -0.354 e. The van der Waals surface area contributed by atoms with Crippen LogP contribution in [-0.4, -0.2) is 21.8 Å². The van der Waals surface area contributed by atoms with E-state index in [0.717, 1.165) is 17.1 Å². The number of hydrogen-bond donors (Lipinski definition) is 1. The molecule has 0 amide bonds. The first-order chi connectivity index (χ1) is 10.2. The summed E-state index contributed by atoms with van der Waals surface area (Å²) >= 11 is 0. The van der Waals surface area contributed by atoms with Crippen molar-refractivity contribution in [1.29, 1.82) is 0 Å². The summed E-state index contributed by atoms with van der Waals surface area (Å²) in [6, 6.07) is 10.1. The third kappa shape index (κ3) is 3.11. The van der Waals surface area contributed by atoms with Gasteiger partial charge in [-0.15, -0.1) is 0 Å². The van der Waals surface area contributed by atoms with Crippen LogP contribution in [0.5, 0.6) is 0 Å². The topological polar surface area (TPSA) is 47.0 Å². The van der Waals surface area contributed by atoms with Gasteiger partial charge in [0, 0.05) is 24.5 Å². The first kappa shape index (κ1) is 13.8. The van der Waals surface area contributed by atoms with Crippen molar-refractivity contribution in [3.8, 4) is 0 Å². The van der Waals surface area contributed by atoms with Crippen molar-refractivity contribution in [2.45, 2.75) is 32.1 Å². The second-order valence-electron chi connectivity index (χ2n) is 5.45. The summed E-state index contributed by atoms with van der Waals surface area (Å²) in [7, 11) is 0. The Morgan fingerprint density at radius 2 is 1.90 bits per heavy atom. The average Bonchev–Trinajstić information content (AvgIpc) is 2.47. The van der Waals surface area contributed by atoms with Crippen LogP contribution in [0.1, 0.15) is 25.2 Å². The van der Waals surface area contributed by atoms with Gasteiger partial charge in [-0.25, -0.2) is 0 Å². The van der Waals surface area contributed by atoms with Gasteiger partial charge in [0.25, 0.3) is 0 Å². The quantitative estimate of drug-likeness (QED) is 0.874. The van der Waals surface area contributed by atoms with Crippen LogP contribution in [0.3, 0.4) is 0 Å². The molecular formula is C17H19N3O. The van der Waals surface area contributed by atoms with Gasteiger partial charge in [-0.3, -0.25) is 9.97 Å². The Morgan fingerprint density at radius 1 is 1.14 bits per heavy atom. The fraction of sp³-hybridized carbons (Fsp3) is 0.294. The smallest absolute Gasteiger partial charge is 0.164 e. The summed E-state index contributed by atoms with van der Waals surface area (Å²) < 4.78 is 6.17. The van der Waals surface area contributed by atoms with Crippen molar-refractivity contribution < 1.29 is 4.74 Å². The van der Waals surface area contributed by atoms with E-state index in [1.807, 2.05) is 56.3 Å². The summed E-state index contributed by atoms with van der Waals surface area (Å²) in [5, 5.41) is 3.49. The lowest BCUT2D eigenvalue weighted by atomic mass is 9.97. The number of fused-ring (bicyclic) bond motifs is 1. The molecule has 0 fully saturated rings. The molecule has 1 heterocycles. The molecule has 1 unspecified atom stereocenters. The lowest BCUT2D eigenvalue weighted by Crippen LogP contribution is -2.45. The Balaban J connectivity index is 1.93. The predicted molar refractivity (Wildman–Crippen MR) is 83.8 cm³/mol. The van der Waals surface area contributed by atoms with Gasteiger partial charge in [-0.2, -0.15) is 0 Å². The molecule has 0 saturated heterocycles. The zero-order valence-electron chi connectivity index (χ0n) is 12.3. The minimum atomic E-state index is -0.585. The molecule has 1 N–H and O–H groups in total. The van der Waals surface area contributed by atoms with Crippen LogP contribution in [0.25, 0.3) is 6.08 Å². The number of rotatable bonds is 4. The minimum absolute atomic E-state index is 0.101. The SMILES string of the molecule is CC(C)OC1(Nc2ccccc2)C=Cc2nccnc2C1. The molecular weight excluding hydrogens is 262 g/mol. The van der Waals surface area contributed by atoms with Gasteiger partial charge in [0.2, 0.25) is 0 Å². The number of anilines is 1. The summed E-state index contributed by atoms with van der Waals surface area (Å²) in [5.74, 6) is 0. The highest BCUT2D eigenvalue weighted by Crippen LogP contribution is 2.29. The van der Waals surface area contributed by atoms with Crippen LogP contribution in [0.15, 0.2) is 48.8 Å². The Morgan fingerprint density at radius 3 is 2.67 bits per heavy atom. The molecule has 108 valence electrons. The molecule has 3 rings (SSSR count). The van der Waals surface area contributed by atoms with Crippen molar-refractivity contribution in [3.05, 3.63) is 60.2 Å². The van der Waals surface area contributed by atoms with Crippen LogP contribution >= 0.6 is 0 Å². The van der Waals surface area contributed by atoms with E-state index >= 15 is 0 Å². The molecule has 0 bridgehead atoms.